The third kappa shape index (κ3) is 1.51. The molecule has 3 nitrogen and oxygen atoms in total. The van der Waals surface area contributed by atoms with Gasteiger partial charge in [-0.2, -0.15) is 0 Å². The van der Waals surface area contributed by atoms with E-state index in [4.69, 9.17) is 0 Å². The molecule has 94 valence electrons. The number of aromatic nitrogens is 1. The van der Waals surface area contributed by atoms with Crippen molar-refractivity contribution in [2.75, 3.05) is 6.54 Å². The van der Waals surface area contributed by atoms with E-state index in [1.807, 2.05) is 11.0 Å². The normalized spacial score (nSPS) is 20.5. The second kappa shape index (κ2) is 3.92. The number of pyridine rings is 1. The predicted octanol–water partition coefficient (Wildman–Crippen LogP) is 2.38. The molecule has 0 unspecified atom stereocenters. The van der Waals surface area contributed by atoms with E-state index in [9.17, 15) is 4.79 Å². The van der Waals surface area contributed by atoms with Gasteiger partial charge >= 0.3 is 0 Å². The molecule has 0 bridgehead atoms. The summed E-state index contributed by atoms with van der Waals surface area (Å²) in [5, 5.41) is 0. The molecule has 0 saturated carbocycles. The van der Waals surface area contributed by atoms with Crippen LogP contribution in [-0.4, -0.2) is 22.3 Å². The smallest absolute Gasteiger partial charge is 0.256 e. The molecule has 19 heavy (non-hydrogen) atoms. The average Bonchev–Trinajstić information content (AvgIpc) is 2.47. The maximum Gasteiger partial charge on any atom is 0.256 e. The number of rotatable bonds is 0. The topological polar surface area (TPSA) is 33.2 Å². The van der Waals surface area contributed by atoms with Gasteiger partial charge in [-0.3, -0.25) is 9.78 Å². The summed E-state index contributed by atoms with van der Waals surface area (Å²) >= 11 is 0. The molecule has 1 aromatic heterocycles. The zero-order valence-corrected chi connectivity index (χ0v) is 10.5. The molecule has 0 radical (unpaired) electrons. The van der Waals surface area contributed by atoms with Crippen molar-refractivity contribution in [3.8, 4) is 0 Å². The van der Waals surface area contributed by atoms with Gasteiger partial charge in [0, 0.05) is 18.9 Å². The summed E-state index contributed by atoms with van der Waals surface area (Å²) in [6, 6.07) is 10.7. The molecule has 0 saturated heterocycles. The van der Waals surface area contributed by atoms with Crippen LogP contribution in [0.2, 0.25) is 0 Å². The summed E-state index contributed by atoms with van der Waals surface area (Å²) in [4.78, 5) is 18.6. The Labute approximate surface area is 111 Å². The summed E-state index contributed by atoms with van der Waals surface area (Å²) in [6.45, 7) is 0.814. The Morgan fingerprint density at radius 3 is 3.00 bits per heavy atom. The van der Waals surface area contributed by atoms with Gasteiger partial charge < -0.3 is 4.90 Å². The first-order valence-electron chi connectivity index (χ1n) is 6.66. The first-order chi connectivity index (χ1) is 9.34. The standard InChI is InChI=1S/C16H14N2O/c19-16-14-10-17-7-5-12(14)9-15-13-4-2-1-3-11(13)6-8-18(15)16/h1-5,7,10,15H,6,8-9H2/t15-/m1/s1. The van der Waals surface area contributed by atoms with Gasteiger partial charge in [-0.25, -0.2) is 0 Å². The molecular formula is C16H14N2O. The van der Waals surface area contributed by atoms with Crippen molar-refractivity contribution in [3.05, 3.63) is 65.0 Å². The number of fused-ring (bicyclic) bond motifs is 4. The molecule has 0 aliphatic carbocycles. The molecular weight excluding hydrogens is 236 g/mol. The number of carbonyl (C=O) groups excluding carboxylic acids is 1. The lowest BCUT2D eigenvalue weighted by Crippen LogP contribution is -2.44. The third-order valence-corrected chi connectivity index (χ3v) is 4.23. The highest BCUT2D eigenvalue weighted by Gasteiger charge is 2.36. The largest absolute Gasteiger partial charge is 0.331 e. The van der Waals surface area contributed by atoms with E-state index in [1.165, 1.54) is 11.1 Å². The Balaban J connectivity index is 1.85. The Hall–Kier alpha value is -2.16. The quantitative estimate of drug-likeness (QED) is 0.719. The lowest BCUT2D eigenvalue weighted by molar-refractivity contribution is 0.0631. The highest BCUT2D eigenvalue weighted by Crippen LogP contribution is 2.37. The van der Waals surface area contributed by atoms with Crippen molar-refractivity contribution in [1.29, 1.82) is 0 Å². The van der Waals surface area contributed by atoms with Crippen molar-refractivity contribution in [1.82, 2.24) is 9.88 Å². The predicted molar refractivity (Wildman–Crippen MR) is 71.9 cm³/mol. The molecule has 2 aromatic rings. The van der Waals surface area contributed by atoms with Crippen LogP contribution in [-0.2, 0) is 12.8 Å². The first-order valence-corrected chi connectivity index (χ1v) is 6.66. The monoisotopic (exact) mass is 250 g/mol. The molecule has 3 heterocycles. The SMILES string of the molecule is O=C1c2cnccc2C[C@@H]2c3ccccc3CCN12. The van der Waals surface area contributed by atoms with Gasteiger partial charge in [-0.15, -0.1) is 0 Å². The Morgan fingerprint density at radius 1 is 1.16 bits per heavy atom. The van der Waals surface area contributed by atoms with Crippen LogP contribution in [0, 0.1) is 0 Å². The average molecular weight is 250 g/mol. The van der Waals surface area contributed by atoms with Crippen molar-refractivity contribution < 1.29 is 4.79 Å². The van der Waals surface area contributed by atoms with Gasteiger partial charge in [0.15, 0.2) is 0 Å². The van der Waals surface area contributed by atoms with E-state index in [1.54, 1.807) is 12.4 Å². The molecule has 3 heteroatoms. The molecule has 1 aromatic carbocycles. The maximum absolute atomic E-state index is 12.5. The van der Waals surface area contributed by atoms with E-state index in [-0.39, 0.29) is 11.9 Å². The zero-order chi connectivity index (χ0) is 12.8. The van der Waals surface area contributed by atoms with Crippen molar-refractivity contribution in [2.24, 2.45) is 0 Å². The molecule has 1 atom stereocenters. The van der Waals surface area contributed by atoms with E-state index in [0.717, 1.165) is 30.5 Å². The molecule has 1 amide bonds. The van der Waals surface area contributed by atoms with E-state index >= 15 is 0 Å². The van der Waals surface area contributed by atoms with Crippen LogP contribution >= 0.6 is 0 Å². The van der Waals surface area contributed by atoms with Gasteiger partial charge in [0.1, 0.15) is 0 Å². The fourth-order valence-electron chi connectivity index (χ4n) is 3.27. The number of hydrogen-bond donors (Lipinski definition) is 0. The highest BCUT2D eigenvalue weighted by atomic mass is 16.2. The Morgan fingerprint density at radius 2 is 2.05 bits per heavy atom. The fourth-order valence-corrected chi connectivity index (χ4v) is 3.27. The Kier molecular flexibility index (Phi) is 2.21. The van der Waals surface area contributed by atoms with Crippen LogP contribution in [0.5, 0.6) is 0 Å². The summed E-state index contributed by atoms with van der Waals surface area (Å²) in [6.07, 6.45) is 5.33. The zero-order valence-electron chi connectivity index (χ0n) is 10.5. The summed E-state index contributed by atoms with van der Waals surface area (Å²) in [5.41, 5.74) is 4.59. The second-order valence-electron chi connectivity index (χ2n) is 5.20. The number of amides is 1. The minimum atomic E-state index is 0.133. The molecule has 0 spiro atoms. The van der Waals surface area contributed by atoms with Crippen LogP contribution in [0.15, 0.2) is 42.7 Å². The first kappa shape index (κ1) is 10.7. The minimum absolute atomic E-state index is 0.133. The van der Waals surface area contributed by atoms with Crippen molar-refractivity contribution in [2.45, 2.75) is 18.9 Å². The van der Waals surface area contributed by atoms with Crippen molar-refractivity contribution >= 4 is 5.91 Å². The number of nitrogens with zero attached hydrogens (tertiary/aromatic N) is 2. The number of benzene rings is 1. The van der Waals surface area contributed by atoms with Crippen LogP contribution in [0.3, 0.4) is 0 Å². The molecule has 2 aliphatic heterocycles. The molecule has 2 aliphatic rings. The van der Waals surface area contributed by atoms with Crippen LogP contribution in [0.25, 0.3) is 0 Å². The maximum atomic E-state index is 12.5. The Bertz CT molecular complexity index is 665. The van der Waals surface area contributed by atoms with Gasteiger partial charge in [-0.05, 0) is 35.6 Å². The third-order valence-electron chi connectivity index (χ3n) is 4.23. The molecule has 4 rings (SSSR count). The van der Waals surface area contributed by atoms with Crippen molar-refractivity contribution in [3.63, 3.8) is 0 Å². The molecule has 0 fully saturated rings. The van der Waals surface area contributed by atoms with Gasteiger partial charge in [0.25, 0.3) is 5.91 Å². The highest BCUT2D eigenvalue weighted by molar-refractivity contribution is 5.97. The van der Waals surface area contributed by atoms with Gasteiger partial charge in [-0.1, -0.05) is 24.3 Å². The van der Waals surface area contributed by atoms with E-state index in [2.05, 4.69) is 29.2 Å². The van der Waals surface area contributed by atoms with Gasteiger partial charge in [0.2, 0.25) is 0 Å². The summed E-state index contributed by atoms with van der Waals surface area (Å²) in [5.74, 6) is 0.133. The van der Waals surface area contributed by atoms with E-state index in [0.29, 0.717) is 0 Å². The lowest BCUT2D eigenvalue weighted by atomic mass is 9.84. The van der Waals surface area contributed by atoms with Crippen LogP contribution in [0.1, 0.15) is 33.1 Å². The van der Waals surface area contributed by atoms with Gasteiger partial charge in [0.05, 0.1) is 11.6 Å². The van der Waals surface area contributed by atoms with Crippen LogP contribution < -0.4 is 0 Å². The summed E-state index contributed by atoms with van der Waals surface area (Å²) < 4.78 is 0. The summed E-state index contributed by atoms with van der Waals surface area (Å²) in [7, 11) is 0. The number of carbonyl (C=O) groups is 1. The lowest BCUT2D eigenvalue weighted by Gasteiger charge is -2.41. The molecule has 0 N–H and O–H groups in total. The van der Waals surface area contributed by atoms with E-state index < -0.39 is 0 Å². The second-order valence-corrected chi connectivity index (χ2v) is 5.20. The number of hydrogen-bond acceptors (Lipinski definition) is 2. The van der Waals surface area contributed by atoms with Crippen LogP contribution in [0.4, 0.5) is 0 Å². The minimum Gasteiger partial charge on any atom is -0.331 e. The fraction of sp³-hybridized carbons (Fsp3) is 0.250.